The lowest BCUT2D eigenvalue weighted by Gasteiger charge is -2.24. The van der Waals surface area contributed by atoms with Crippen LogP contribution in [-0.2, 0) is 23.1 Å². The normalized spacial score (nSPS) is 11.8. The average molecular weight is 511 g/mol. The zero-order valence-corrected chi connectivity index (χ0v) is 21.6. The molecule has 3 aromatic carbocycles. The van der Waals surface area contributed by atoms with Crippen molar-refractivity contribution in [3.8, 4) is 5.75 Å². The summed E-state index contributed by atoms with van der Waals surface area (Å²) in [7, 11) is -2.42. The molecule has 0 fully saturated rings. The van der Waals surface area contributed by atoms with E-state index in [1.807, 2.05) is 38.1 Å². The van der Waals surface area contributed by atoms with Gasteiger partial charge in [0.05, 0.1) is 12.0 Å². The molecule has 1 aromatic heterocycles. The number of benzene rings is 3. The van der Waals surface area contributed by atoms with Crippen LogP contribution in [0.3, 0.4) is 0 Å². The third-order valence-electron chi connectivity index (χ3n) is 6.02. The summed E-state index contributed by atoms with van der Waals surface area (Å²) in [5, 5.41) is 1.21. The first-order chi connectivity index (χ1) is 16.6. The summed E-state index contributed by atoms with van der Waals surface area (Å²) < 4.78 is 34.2. The number of nitrogens with zero attached hydrogens (tertiary/aromatic N) is 1. The highest BCUT2D eigenvalue weighted by atomic mass is 35.5. The molecule has 1 N–H and O–H groups in total. The van der Waals surface area contributed by atoms with Gasteiger partial charge in [-0.3, -0.25) is 4.79 Å². The van der Waals surface area contributed by atoms with Gasteiger partial charge in [0.1, 0.15) is 5.75 Å². The number of aromatic nitrogens is 1. The lowest BCUT2D eigenvalue weighted by atomic mass is 10.0. The summed E-state index contributed by atoms with van der Waals surface area (Å²) in [5.41, 5.74) is 4.16. The summed E-state index contributed by atoms with van der Waals surface area (Å²) in [4.78, 5) is 16.0. The molecule has 0 saturated heterocycles. The molecule has 0 amide bonds. The Morgan fingerprint density at radius 1 is 0.914 bits per heavy atom. The number of ether oxygens (including phenoxy) is 1. The lowest BCUT2D eigenvalue weighted by Crippen LogP contribution is -2.33. The number of nitrogens with one attached hydrogen (secondary N) is 1. The van der Waals surface area contributed by atoms with Crippen LogP contribution in [0.2, 0.25) is 5.02 Å². The Morgan fingerprint density at radius 2 is 1.63 bits per heavy atom. The molecule has 1 heterocycles. The molecular formula is C27H27ClN2O4S. The maximum atomic E-state index is 13.9. The quantitative estimate of drug-likeness (QED) is 0.355. The molecule has 0 aliphatic carbocycles. The minimum atomic E-state index is -3.99. The molecule has 4 aromatic rings. The first kappa shape index (κ1) is 25.0. The molecule has 0 unspecified atom stereocenters. The van der Waals surface area contributed by atoms with Crippen LogP contribution in [0.1, 0.15) is 27.8 Å². The van der Waals surface area contributed by atoms with Crippen LogP contribution in [0.25, 0.3) is 10.9 Å². The molecule has 0 radical (unpaired) electrons. The fourth-order valence-electron chi connectivity index (χ4n) is 4.17. The predicted octanol–water partition coefficient (Wildman–Crippen LogP) is 5.51. The number of aryl methyl sites for hydroxylation is 3. The van der Waals surface area contributed by atoms with Gasteiger partial charge in [0, 0.05) is 34.6 Å². The Balaban J connectivity index is 1.82. The van der Waals surface area contributed by atoms with Crippen molar-refractivity contribution in [1.82, 2.24) is 9.29 Å². The number of aromatic amines is 1. The minimum Gasteiger partial charge on any atom is -0.497 e. The Hall–Kier alpha value is -3.13. The Morgan fingerprint density at radius 3 is 2.31 bits per heavy atom. The van der Waals surface area contributed by atoms with Gasteiger partial charge in [0.2, 0.25) is 10.0 Å². The second-order valence-corrected chi connectivity index (χ2v) is 11.0. The molecule has 0 atom stereocenters. The monoisotopic (exact) mass is 510 g/mol. The predicted molar refractivity (Wildman–Crippen MR) is 140 cm³/mol. The summed E-state index contributed by atoms with van der Waals surface area (Å²) in [5.74, 6) is 0.672. The first-order valence-corrected chi connectivity index (χ1v) is 12.9. The van der Waals surface area contributed by atoms with Crippen molar-refractivity contribution in [2.24, 2.45) is 0 Å². The van der Waals surface area contributed by atoms with Gasteiger partial charge >= 0.3 is 0 Å². The maximum Gasteiger partial charge on any atom is 0.252 e. The van der Waals surface area contributed by atoms with Gasteiger partial charge in [-0.25, -0.2) is 8.42 Å². The Bertz CT molecular complexity index is 1560. The van der Waals surface area contributed by atoms with Gasteiger partial charge in [-0.15, -0.1) is 0 Å². The zero-order chi connectivity index (χ0) is 25.3. The van der Waals surface area contributed by atoms with Gasteiger partial charge in [-0.1, -0.05) is 35.9 Å². The van der Waals surface area contributed by atoms with Crippen LogP contribution in [0.15, 0.2) is 70.4 Å². The number of pyridine rings is 1. The number of rotatable bonds is 7. The highest BCUT2D eigenvalue weighted by Gasteiger charge is 2.28. The number of hydrogen-bond donors (Lipinski definition) is 1. The third-order valence-corrected chi connectivity index (χ3v) is 8.19. The van der Waals surface area contributed by atoms with Crippen molar-refractivity contribution in [2.75, 3.05) is 7.11 Å². The molecule has 4 rings (SSSR count). The number of halogens is 1. The number of H-pyrrole nitrogens is 1. The van der Waals surface area contributed by atoms with E-state index in [0.29, 0.717) is 21.9 Å². The van der Waals surface area contributed by atoms with Gasteiger partial charge in [-0.05, 0) is 79.4 Å². The van der Waals surface area contributed by atoms with E-state index in [1.165, 1.54) is 10.4 Å². The third kappa shape index (κ3) is 5.27. The van der Waals surface area contributed by atoms with Gasteiger partial charge in [-0.2, -0.15) is 4.31 Å². The molecule has 6 nitrogen and oxygen atoms in total. The Labute approximate surface area is 210 Å². The van der Waals surface area contributed by atoms with Crippen LogP contribution in [0, 0.1) is 20.8 Å². The molecule has 0 aliphatic heterocycles. The average Bonchev–Trinajstić information content (AvgIpc) is 2.81. The highest BCUT2D eigenvalue weighted by molar-refractivity contribution is 7.89. The van der Waals surface area contributed by atoms with Crippen LogP contribution in [-0.4, -0.2) is 24.8 Å². The van der Waals surface area contributed by atoms with E-state index in [9.17, 15) is 13.2 Å². The highest BCUT2D eigenvalue weighted by Crippen LogP contribution is 2.27. The van der Waals surface area contributed by atoms with Crippen molar-refractivity contribution < 1.29 is 13.2 Å². The molecule has 0 aliphatic rings. The SMILES string of the molecule is COc1ccc(CN(Cc2cc3c(C)cc(C)cc3[nH]c2=O)S(=O)(=O)c2cc(Cl)ccc2C)cc1. The topological polar surface area (TPSA) is 79.5 Å². The van der Waals surface area contributed by atoms with E-state index >= 15 is 0 Å². The summed E-state index contributed by atoms with van der Waals surface area (Å²) >= 11 is 6.15. The first-order valence-electron chi connectivity index (χ1n) is 11.1. The maximum absolute atomic E-state index is 13.9. The van der Waals surface area contributed by atoms with Gasteiger partial charge in [0.15, 0.2) is 0 Å². The second-order valence-electron chi connectivity index (χ2n) is 8.70. The van der Waals surface area contributed by atoms with E-state index in [4.69, 9.17) is 16.3 Å². The van der Waals surface area contributed by atoms with E-state index in [1.54, 1.807) is 44.4 Å². The van der Waals surface area contributed by atoms with E-state index < -0.39 is 10.0 Å². The molecule has 0 saturated carbocycles. The number of methoxy groups -OCH3 is 1. The van der Waals surface area contributed by atoms with Crippen molar-refractivity contribution in [3.05, 3.63) is 104 Å². The number of hydrogen-bond acceptors (Lipinski definition) is 4. The fraction of sp³-hybridized carbons (Fsp3) is 0.222. The fourth-order valence-corrected chi connectivity index (χ4v) is 6.07. The number of fused-ring (bicyclic) bond motifs is 1. The standard InChI is InChI=1S/C27H27ClN2O4S/c1-17-11-19(3)24-13-21(27(31)29-25(24)12-17)16-30(15-20-6-9-23(34-4)10-7-20)35(32,33)26-14-22(28)8-5-18(26)2/h5-14H,15-16H2,1-4H3,(H,29,31). The second kappa shape index (κ2) is 9.85. The Kier molecular flexibility index (Phi) is 7.03. The van der Waals surface area contributed by atoms with E-state index in [-0.39, 0.29) is 23.5 Å². The van der Waals surface area contributed by atoms with E-state index in [0.717, 1.165) is 27.6 Å². The molecule has 182 valence electrons. The van der Waals surface area contributed by atoms with Crippen LogP contribution >= 0.6 is 11.6 Å². The smallest absolute Gasteiger partial charge is 0.252 e. The number of sulfonamides is 1. The van der Waals surface area contributed by atoms with Crippen LogP contribution < -0.4 is 10.3 Å². The zero-order valence-electron chi connectivity index (χ0n) is 20.1. The largest absolute Gasteiger partial charge is 0.497 e. The van der Waals surface area contributed by atoms with Gasteiger partial charge < -0.3 is 9.72 Å². The van der Waals surface area contributed by atoms with Gasteiger partial charge in [0.25, 0.3) is 5.56 Å². The molecular weight excluding hydrogens is 484 g/mol. The summed E-state index contributed by atoms with van der Waals surface area (Å²) in [6, 6.07) is 17.7. The minimum absolute atomic E-state index is 0.0721. The van der Waals surface area contributed by atoms with Crippen molar-refractivity contribution in [3.63, 3.8) is 0 Å². The van der Waals surface area contributed by atoms with Crippen LogP contribution in [0.5, 0.6) is 5.75 Å². The molecule has 0 bridgehead atoms. The lowest BCUT2D eigenvalue weighted by molar-refractivity contribution is 0.398. The van der Waals surface area contributed by atoms with Crippen molar-refractivity contribution in [2.45, 2.75) is 38.8 Å². The summed E-state index contributed by atoms with van der Waals surface area (Å²) in [6.07, 6.45) is 0. The molecule has 0 spiro atoms. The summed E-state index contributed by atoms with van der Waals surface area (Å²) in [6.45, 7) is 5.64. The molecule has 35 heavy (non-hydrogen) atoms. The van der Waals surface area contributed by atoms with Crippen LogP contribution in [0.4, 0.5) is 0 Å². The molecule has 8 heteroatoms. The van der Waals surface area contributed by atoms with E-state index in [2.05, 4.69) is 4.98 Å². The van der Waals surface area contributed by atoms with Crippen molar-refractivity contribution in [1.29, 1.82) is 0 Å². The van der Waals surface area contributed by atoms with Crippen molar-refractivity contribution >= 4 is 32.5 Å².